The molecule has 3 aromatic rings. The van der Waals surface area contributed by atoms with E-state index in [0.717, 1.165) is 15.2 Å². The number of non-ortho nitro benzene ring substituents is 1. The first-order chi connectivity index (χ1) is 11.6. The van der Waals surface area contributed by atoms with E-state index < -0.39 is 10.8 Å². The fourth-order valence-corrected chi connectivity index (χ4v) is 3.14. The second-order valence-corrected chi connectivity index (χ2v) is 6.01. The fraction of sp³-hybridized carbons (Fsp3) is 0.125. The average Bonchev–Trinajstić information content (AvgIpc) is 3.02. The van der Waals surface area contributed by atoms with Crippen molar-refractivity contribution in [3.8, 4) is 5.75 Å². The number of methoxy groups -OCH3 is 1. The van der Waals surface area contributed by atoms with Crippen molar-refractivity contribution in [2.45, 2.75) is 6.54 Å². The first-order valence-corrected chi connectivity index (χ1v) is 7.85. The number of rotatable bonds is 5. The molecule has 0 saturated carbocycles. The van der Waals surface area contributed by atoms with Gasteiger partial charge in [-0.15, -0.1) is 11.3 Å². The molecule has 8 heteroatoms. The molecule has 1 aromatic heterocycles. The highest BCUT2D eigenvalue weighted by atomic mass is 32.1. The van der Waals surface area contributed by atoms with Gasteiger partial charge in [0.1, 0.15) is 10.8 Å². The van der Waals surface area contributed by atoms with Gasteiger partial charge in [-0.05, 0) is 18.2 Å². The zero-order valence-electron chi connectivity index (χ0n) is 12.7. The van der Waals surface area contributed by atoms with Crippen LogP contribution >= 0.6 is 11.3 Å². The Kier molecular flexibility index (Phi) is 4.39. The summed E-state index contributed by atoms with van der Waals surface area (Å²) < 4.78 is 6.14. The van der Waals surface area contributed by atoms with E-state index in [-0.39, 0.29) is 23.5 Å². The number of hydrogen-bond acceptors (Lipinski definition) is 6. The van der Waals surface area contributed by atoms with E-state index in [4.69, 9.17) is 4.74 Å². The molecule has 0 unspecified atom stereocenters. The summed E-state index contributed by atoms with van der Waals surface area (Å²) >= 11 is 1.49. The van der Waals surface area contributed by atoms with Gasteiger partial charge in [0.2, 0.25) is 0 Å². The van der Waals surface area contributed by atoms with Gasteiger partial charge in [-0.25, -0.2) is 4.98 Å². The lowest BCUT2D eigenvalue weighted by Crippen LogP contribution is -2.23. The summed E-state index contributed by atoms with van der Waals surface area (Å²) in [5, 5.41) is 14.4. The lowest BCUT2D eigenvalue weighted by atomic mass is 10.1. The van der Waals surface area contributed by atoms with Crippen molar-refractivity contribution < 1.29 is 14.5 Å². The van der Waals surface area contributed by atoms with Crippen molar-refractivity contribution >= 4 is 33.1 Å². The average molecular weight is 343 g/mol. The van der Waals surface area contributed by atoms with E-state index >= 15 is 0 Å². The molecule has 1 amide bonds. The molecule has 2 aromatic carbocycles. The Hall–Kier alpha value is -3.00. The van der Waals surface area contributed by atoms with E-state index in [9.17, 15) is 14.9 Å². The molecule has 24 heavy (non-hydrogen) atoms. The number of nitro groups is 1. The molecular formula is C16H13N3O4S. The number of nitro benzene ring substituents is 1. The number of nitrogens with zero attached hydrogens (tertiary/aromatic N) is 2. The number of amides is 1. The molecule has 0 atom stereocenters. The van der Waals surface area contributed by atoms with Crippen molar-refractivity contribution in [2.24, 2.45) is 0 Å². The molecule has 0 radical (unpaired) electrons. The molecule has 0 spiro atoms. The topological polar surface area (TPSA) is 94.4 Å². The van der Waals surface area contributed by atoms with E-state index in [1.54, 1.807) is 0 Å². The smallest absolute Gasteiger partial charge is 0.270 e. The largest absolute Gasteiger partial charge is 0.496 e. The zero-order chi connectivity index (χ0) is 17.1. The molecule has 0 aliphatic rings. The minimum absolute atomic E-state index is 0.118. The van der Waals surface area contributed by atoms with Crippen molar-refractivity contribution in [1.82, 2.24) is 10.3 Å². The van der Waals surface area contributed by atoms with Gasteiger partial charge in [0.15, 0.2) is 0 Å². The van der Waals surface area contributed by atoms with Gasteiger partial charge in [0, 0.05) is 12.1 Å². The Morgan fingerprint density at radius 3 is 2.83 bits per heavy atom. The predicted molar refractivity (Wildman–Crippen MR) is 90.4 cm³/mol. The van der Waals surface area contributed by atoms with Crippen LogP contribution in [0.4, 0.5) is 5.69 Å². The van der Waals surface area contributed by atoms with Crippen LogP contribution in [0.2, 0.25) is 0 Å². The number of carbonyl (C=O) groups is 1. The van der Waals surface area contributed by atoms with Gasteiger partial charge in [0.25, 0.3) is 11.6 Å². The summed E-state index contributed by atoms with van der Waals surface area (Å²) in [6.45, 7) is 0.240. The predicted octanol–water partition coefficient (Wildman–Crippen LogP) is 3.14. The monoisotopic (exact) mass is 343 g/mol. The SMILES string of the molecule is COc1ccc([N+](=O)[O-])cc1C(=O)NCc1nc2ccccc2s1. The maximum atomic E-state index is 12.4. The lowest BCUT2D eigenvalue weighted by Gasteiger charge is -2.08. The van der Waals surface area contributed by atoms with Gasteiger partial charge < -0.3 is 10.1 Å². The lowest BCUT2D eigenvalue weighted by molar-refractivity contribution is -0.384. The standard InChI is InChI=1S/C16H13N3O4S/c1-23-13-7-6-10(19(21)22)8-11(13)16(20)17-9-15-18-12-4-2-3-5-14(12)24-15/h2-8H,9H2,1H3,(H,17,20). The number of fused-ring (bicyclic) bond motifs is 1. The molecule has 1 heterocycles. The highest BCUT2D eigenvalue weighted by Gasteiger charge is 2.17. The van der Waals surface area contributed by atoms with Gasteiger partial charge >= 0.3 is 0 Å². The molecule has 7 nitrogen and oxygen atoms in total. The maximum Gasteiger partial charge on any atom is 0.270 e. The molecular weight excluding hydrogens is 330 g/mol. The van der Waals surface area contributed by atoms with Crippen molar-refractivity contribution in [3.05, 3.63) is 63.1 Å². The molecule has 0 aliphatic heterocycles. The second kappa shape index (κ2) is 6.63. The van der Waals surface area contributed by atoms with Crippen molar-refractivity contribution in [1.29, 1.82) is 0 Å². The number of hydrogen-bond donors (Lipinski definition) is 1. The number of para-hydroxylation sites is 1. The Bertz CT molecular complexity index is 890. The van der Waals surface area contributed by atoms with Crippen LogP contribution in [0.5, 0.6) is 5.75 Å². The fourth-order valence-electron chi connectivity index (χ4n) is 2.23. The molecule has 0 bridgehead atoms. The van der Waals surface area contributed by atoms with Crippen LogP contribution in [0.25, 0.3) is 10.2 Å². The molecule has 0 fully saturated rings. The number of benzene rings is 2. The van der Waals surface area contributed by atoms with Crippen molar-refractivity contribution in [3.63, 3.8) is 0 Å². The van der Waals surface area contributed by atoms with E-state index in [1.807, 2.05) is 24.3 Å². The number of thiazole rings is 1. The summed E-state index contributed by atoms with van der Waals surface area (Å²) in [5.41, 5.74) is 0.827. The maximum absolute atomic E-state index is 12.4. The third-order valence-electron chi connectivity index (χ3n) is 3.38. The zero-order valence-corrected chi connectivity index (χ0v) is 13.5. The number of aromatic nitrogens is 1. The van der Waals surface area contributed by atoms with Crippen LogP contribution in [0.1, 0.15) is 15.4 Å². The van der Waals surface area contributed by atoms with E-state index in [2.05, 4.69) is 10.3 Å². The minimum Gasteiger partial charge on any atom is -0.496 e. The number of nitrogens with one attached hydrogen (secondary N) is 1. The van der Waals surface area contributed by atoms with Crippen LogP contribution in [0.15, 0.2) is 42.5 Å². The number of carbonyl (C=O) groups excluding carboxylic acids is 1. The molecule has 0 saturated heterocycles. The third-order valence-corrected chi connectivity index (χ3v) is 4.41. The Balaban J connectivity index is 1.79. The highest BCUT2D eigenvalue weighted by molar-refractivity contribution is 7.18. The Morgan fingerprint density at radius 2 is 2.12 bits per heavy atom. The van der Waals surface area contributed by atoms with Crippen LogP contribution in [-0.2, 0) is 6.54 Å². The van der Waals surface area contributed by atoms with Crippen molar-refractivity contribution in [2.75, 3.05) is 7.11 Å². The van der Waals surface area contributed by atoms with E-state index in [1.165, 1.54) is 36.6 Å². The van der Waals surface area contributed by atoms with Crippen LogP contribution in [-0.4, -0.2) is 22.9 Å². The Labute approximate surface area is 141 Å². The summed E-state index contributed by atoms with van der Waals surface area (Å²) in [7, 11) is 1.41. The summed E-state index contributed by atoms with van der Waals surface area (Å²) in [5.74, 6) is -0.169. The van der Waals surface area contributed by atoms with Crippen LogP contribution in [0, 0.1) is 10.1 Å². The minimum atomic E-state index is -0.552. The molecule has 0 aliphatic carbocycles. The molecule has 122 valence electrons. The first-order valence-electron chi connectivity index (χ1n) is 7.03. The van der Waals surface area contributed by atoms with Gasteiger partial charge in [0.05, 0.1) is 34.4 Å². The Morgan fingerprint density at radius 1 is 1.33 bits per heavy atom. The summed E-state index contributed by atoms with van der Waals surface area (Å²) in [6.07, 6.45) is 0. The highest BCUT2D eigenvalue weighted by Crippen LogP contribution is 2.25. The quantitative estimate of drug-likeness (QED) is 0.567. The first kappa shape index (κ1) is 15.9. The summed E-state index contributed by atoms with van der Waals surface area (Å²) in [4.78, 5) is 27.1. The van der Waals surface area contributed by atoms with Crippen LogP contribution in [0.3, 0.4) is 0 Å². The van der Waals surface area contributed by atoms with E-state index in [0.29, 0.717) is 0 Å². The van der Waals surface area contributed by atoms with Crippen LogP contribution < -0.4 is 10.1 Å². The van der Waals surface area contributed by atoms with Gasteiger partial charge in [-0.1, -0.05) is 12.1 Å². The molecule has 3 rings (SSSR count). The van der Waals surface area contributed by atoms with Gasteiger partial charge in [-0.3, -0.25) is 14.9 Å². The number of ether oxygens (including phenoxy) is 1. The normalized spacial score (nSPS) is 10.5. The van der Waals surface area contributed by atoms with Gasteiger partial charge in [-0.2, -0.15) is 0 Å². The second-order valence-electron chi connectivity index (χ2n) is 4.90. The summed E-state index contributed by atoms with van der Waals surface area (Å²) in [6, 6.07) is 11.6. The molecule has 1 N–H and O–H groups in total. The third kappa shape index (κ3) is 3.18.